The summed E-state index contributed by atoms with van der Waals surface area (Å²) in [4.78, 5) is 9.24. The molecule has 0 spiro atoms. The minimum atomic E-state index is 0.0851. The molecule has 1 fully saturated rings. The van der Waals surface area contributed by atoms with Crippen LogP contribution in [-0.2, 0) is 6.54 Å². The highest BCUT2D eigenvalue weighted by Gasteiger charge is 2.38. The topological polar surface area (TPSA) is 67.9 Å². The Balaban J connectivity index is 1.71. The van der Waals surface area contributed by atoms with E-state index >= 15 is 0 Å². The van der Waals surface area contributed by atoms with Crippen molar-refractivity contribution in [2.24, 2.45) is 0 Å². The number of furan rings is 1. The lowest BCUT2D eigenvalue weighted by atomic mass is 9.79. The van der Waals surface area contributed by atoms with Gasteiger partial charge in [-0.3, -0.25) is 0 Å². The summed E-state index contributed by atoms with van der Waals surface area (Å²) in [6.07, 6.45) is 5.48. The summed E-state index contributed by atoms with van der Waals surface area (Å²) in [7, 11) is 0. The number of hydrogen-bond acceptors (Lipinski definition) is 5. The maximum atomic E-state index is 5.56. The van der Waals surface area contributed by atoms with Crippen molar-refractivity contribution in [3.05, 3.63) is 41.7 Å². The van der Waals surface area contributed by atoms with Gasteiger partial charge >= 0.3 is 0 Å². The molecule has 1 saturated heterocycles. The molecule has 0 saturated carbocycles. The molecule has 6 heteroatoms. The Hall–Kier alpha value is -2.34. The number of fused-ring (bicyclic) bond motifs is 1. The van der Waals surface area contributed by atoms with E-state index < -0.39 is 0 Å². The molecule has 0 aromatic carbocycles. The molecule has 3 aromatic rings. The quantitative estimate of drug-likeness (QED) is 0.701. The van der Waals surface area contributed by atoms with Crippen molar-refractivity contribution in [1.82, 2.24) is 19.9 Å². The second-order valence-electron chi connectivity index (χ2n) is 9.44. The Labute approximate surface area is 166 Å². The zero-order valence-electron chi connectivity index (χ0n) is 17.8. The number of nitrogens with zero attached hydrogens (tertiary/aromatic N) is 3. The molecule has 150 valence electrons. The van der Waals surface area contributed by atoms with Gasteiger partial charge in [-0.15, -0.1) is 0 Å². The molecule has 2 N–H and O–H groups in total. The zero-order chi connectivity index (χ0) is 20.1. The van der Waals surface area contributed by atoms with Crippen LogP contribution >= 0.6 is 0 Å². The van der Waals surface area contributed by atoms with Crippen LogP contribution in [0.15, 0.2) is 29.1 Å². The molecule has 1 aliphatic rings. The summed E-state index contributed by atoms with van der Waals surface area (Å²) in [5, 5.41) is 8.61. The minimum absolute atomic E-state index is 0.0851. The first-order chi connectivity index (χ1) is 13.2. The first-order valence-electron chi connectivity index (χ1n) is 10.0. The maximum Gasteiger partial charge on any atom is 0.146 e. The summed E-state index contributed by atoms with van der Waals surface area (Å²) in [6, 6.07) is 4.28. The molecule has 6 nitrogen and oxygen atoms in total. The molecule has 0 unspecified atom stereocenters. The average molecular weight is 382 g/mol. The number of nitrogens with one attached hydrogen (secondary N) is 2. The van der Waals surface area contributed by atoms with E-state index in [4.69, 9.17) is 4.42 Å². The zero-order valence-corrected chi connectivity index (χ0v) is 17.8. The molecule has 0 atom stereocenters. The van der Waals surface area contributed by atoms with E-state index in [-0.39, 0.29) is 11.1 Å². The van der Waals surface area contributed by atoms with Gasteiger partial charge in [0.2, 0.25) is 0 Å². The summed E-state index contributed by atoms with van der Waals surface area (Å²) in [5.74, 6) is 1.86. The summed E-state index contributed by atoms with van der Waals surface area (Å²) in [5.41, 5.74) is 3.54. The molecule has 0 bridgehead atoms. The molecule has 0 radical (unpaired) electrons. The lowest BCUT2D eigenvalue weighted by Gasteiger charge is -2.46. The first kappa shape index (κ1) is 19.0. The molecular weight excluding hydrogens is 350 g/mol. The molecular formula is C22H31N5O. The van der Waals surface area contributed by atoms with Crippen molar-refractivity contribution in [2.75, 3.05) is 5.32 Å². The number of aryl methyl sites for hydroxylation is 1. The summed E-state index contributed by atoms with van der Waals surface area (Å²) in [6.45, 7) is 14.1. The standard InChI is InChI=1S/C22H31N5O/c1-14-15(2)27(12-17-8-7-9-28-17)20-18(14)19(23-13-24-20)25-16-10-21(3,4)26-22(5,6)11-16/h7-9,13,16,26H,10-12H2,1-6H3,(H,23,24,25). The van der Waals surface area contributed by atoms with Crippen LogP contribution in [-0.4, -0.2) is 31.7 Å². The SMILES string of the molecule is Cc1c(C)n(Cc2ccco2)c2ncnc(NC3CC(C)(C)NC(C)(C)C3)c12. The molecule has 0 aliphatic carbocycles. The number of hydrogen-bond donors (Lipinski definition) is 2. The minimum Gasteiger partial charge on any atom is -0.467 e. The van der Waals surface area contributed by atoms with E-state index in [1.165, 1.54) is 11.3 Å². The second kappa shape index (κ2) is 6.62. The summed E-state index contributed by atoms with van der Waals surface area (Å²) >= 11 is 0. The molecule has 1 aliphatic heterocycles. The van der Waals surface area contributed by atoms with Gasteiger partial charge in [0, 0.05) is 22.8 Å². The van der Waals surface area contributed by atoms with Crippen molar-refractivity contribution in [3.63, 3.8) is 0 Å². The van der Waals surface area contributed by atoms with Crippen LogP contribution in [0.2, 0.25) is 0 Å². The third-order valence-electron chi connectivity index (χ3n) is 5.83. The number of piperidine rings is 1. The summed E-state index contributed by atoms with van der Waals surface area (Å²) < 4.78 is 7.78. The van der Waals surface area contributed by atoms with E-state index in [0.717, 1.165) is 35.5 Å². The van der Waals surface area contributed by atoms with E-state index in [1.807, 2.05) is 12.1 Å². The predicted molar refractivity (Wildman–Crippen MR) is 113 cm³/mol. The molecule has 4 heterocycles. The Bertz CT molecular complexity index is 968. The van der Waals surface area contributed by atoms with Crippen LogP contribution in [0.25, 0.3) is 11.0 Å². The van der Waals surface area contributed by atoms with Gasteiger partial charge in [0.25, 0.3) is 0 Å². The van der Waals surface area contributed by atoms with E-state index in [2.05, 4.69) is 66.7 Å². The van der Waals surface area contributed by atoms with Crippen molar-refractivity contribution in [3.8, 4) is 0 Å². The van der Waals surface area contributed by atoms with Gasteiger partial charge in [-0.25, -0.2) is 9.97 Å². The largest absolute Gasteiger partial charge is 0.467 e. The van der Waals surface area contributed by atoms with Crippen molar-refractivity contribution < 1.29 is 4.42 Å². The fraction of sp³-hybridized carbons (Fsp3) is 0.545. The predicted octanol–water partition coefficient (Wildman–Crippen LogP) is 4.41. The van der Waals surface area contributed by atoms with Crippen molar-refractivity contribution in [2.45, 2.75) is 78.0 Å². The number of anilines is 1. The van der Waals surface area contributed by atoms with E-state index in [9.17, 15) is 0 Å². The second-order valence-corrected chi connectivity index (χ2v) is 9.44. The highest BCUT2D eigenvalue weighted by molar-refractivity contribution is 5.92. The lowest BCUT2D eigenvalue weighted by Crippen LogP contribution is -2.60. The van der Waals surface area contributed by atoms with Crippen LogP contribution in [0.1, 0.15) is 57.6 Å². The first-order valence-corrected chi connectivity index (χ1v) is 10.0. The van der Waals surface area contributed by atoms with Gasteiger partial charge in [-0.1, -0.05) is 0 Å². The van der Waals surface area contributed by atoms with Gasteiger partial charge in [-0.05, 0) is 72.1 Å². The molecule has 3 aromatic heterocycles. The highest BCUT2D eigenvalue weighted by Crippen LogP contribution is 2.34. The van der Waals surface area contributed by atoms with E-state index in [0.29, 0.717) is 12.6 Å². The van der Waals surface area contributed by atoms with Crippen molar-refractivity contribution >= 4 is 16.9 Å². The Morgan fingerprint density at radius 1 is 1.18 bits per heavy atom. The van der Waals surface area contributed by atoms with Gasteiger partial charge < -0.3 is 19.6 Å². The van der Waals surface area contributed by atoms with Crippen LogP contribution in [0.4, 0.5) is 5.82 Å². The Morgan fingerprint density at radius 3 is 2.54 bits per heavy atom. The monoisotopic (exact) mass is 381 g/mol. The average Bonchev–Trinajstić information content (AvgIpc) is 3.16. The van der Waals surface area contributed by atoms with Gasteiger partial charge in [0.15, 0.2) is 0 Å². The van der Waals surface area contributed by atoms with Gasteiger partial charge in [0.05, 0.1) is 18.2 Å². The lowest BCUT2D eigenvalue weighted by molar-refractivity contribution is 0.170. The van der Waals surface area contributed by atoms with Crippen LogP contribution < -0.4 is 10.6 Å². The van der Waals surface area contributed by atoms with Crippen LogP contribution in [0.3, 0.4) is 0 Å². The Morgan fingerprint density at radius 2 is 1.89 bits per heavy atom. The third kappa shape index (κ3) is 3.53. The van der Waals surface area contributed by atoms with Crippen LogP contribution in [0.5, 0.6) is 0 Å². The number of aromatic nitrogens is 3. The maximum absolute atomic E-state index is 5.56. The van der Waals surface area contributed by atoms with E-state index in [1.54, 1.807) is 12.6 Å². The van der Waals surface area contributed by atoms with Gasteiger partial charge in [-0.2, -0.15) is 0 Å². The highest BCUT2D eigenvalue weighted by atomic mass is 16.3. The molecule has 28 heavy (non-hydrogen) atoms. The molecule has 4 rings (SSSR count). The van der Waals surface area contributed by atoms with Crippen LogP contribution in [0, 0.1) is 13.8 Å². The Kier molecular flexibility index (Phi) is 4.49. The smallest absolute Gasteiger partial charge is 0.146 e. The third-order valence-corrected chi connectivity index (χ3v) is 5.83. The molecule has 0 amide bonds. The number of rotatable bonds is 4. The van der Waals surface area contributed by atoms with Crippen molar-refractivity contribution in [1.29, 1.82) is 0 Å². The fourth-order valence-electron chi connectivity index (χ4n) is 4.95. The van der Waals surface area contributed by atoms with Gasteiger partial charge in [0.1, 0.15) is 23.6 Å². The normalized spacial score (nSPS) is 19.2. The fourth-order valence-corrected chi connectivity index (χ4v) is 4.95.